The Morgan fingerprint density at radius 3 is 2.36 bits per heavy atom. The first-order valence-electron chi connectivity index (χ1n) is 9.54. The first kappa shape index (κ1) is 18.8. The smallest absolute Gasteiger partial charge is 0.249 e. The van der Waals surface area contributed by atoms with Crippen molar-refractivity contribution in [2.75, 3.05) is 0 Å². The highest BCUT2D eigenvalue weighted by molar-refractivity contribution is 6.30. The van der Waals surface area contributed by atoms with Gasteiger partial charge in [-0.25, -0.2) is 0 Å². The Morgan fingerprint density at radius 2 is 1.79 bits per heavy atom. The van der Waals surface area contributed by atoms with Crippen molar-refractivity contribution in [3.63, 3.8) is 0 Å². The molecule has 0 bridgehead atoms. The second kappa shape index (κ2) is 6.78. The van der Waals surface area contributed by atoms with Gasteiger partial charge in [0, 0.05) is 22.3 Å². The normalized spacial score (nSPS) is 14.3. The lowest BCUT2D eigenvalue weighted by Gasteiger charge is -2.27. The van der Waals surface area contributed by atoms with E-state index >= 15 is 0 Å². The summed E-state index contributed by atoms with van der Waals surface area (Å²) in [6.07, 6.45) is 4.10. The van der Waals surface area contributed by atoms with Crippen LogP contribution < -0.4 is 5.73 Å². The highest BCUT2D eigenvalue weighted by Gasteiger charge is 2.29. The highest BCUT2D eigenvalue weighted by Crippen LogP contribution is 2.42. The Kier molecular flexibility index (Phi) is 4.54. The number of benzene rings is 2. The summed E-state index contributed by atoms with van der Waals surface area (Å²) < 4.78 is 2.06. The van der Waals surface area contributed by atoms with Gasteiger partial charge in [0.2, 0.25) is 5.91 Å². The van der Waals surface area contributed by atoms with E-state index in [0.717, 1.165) is 40.8 Å². The molecule has 0 aliphatic heterocycles. The number of amides is 1. The molecule has 1 heterocycles. The van der Waals surface area contributed by atoms with Crippen LogP contribution in [0.2, 0.25) is 5.02 Å². The summed E-state index contributed by atoms with van der Waals surface area (Å²) in [6.45, 7) is 6.30. The van der Waals surface area contributed by atoms with Gasteiger partial charge in [0.05, 0.1) is 11.7 Å². The summed E-state index contributed by atoms with van der Waals surface area (Å²) in [5.74, 6) is -0.417. The van der Waals surface area contributed by atoms with Crippen LogP contribution in [0.5, 0.6) is 0 Å². The molecule has 0 spiro atoms. The van der Waals surface area contributed by atoms with Crippen molar-refractivity contribution in [3.8, 4) is 22.4 Å². The first-order chi connectivity index (χ1) is 13.3. The van der Waals surface area contributed by atoms with E-state index in [1.165, 1.54) is 0 Å². The molecule has 0 radical (unpaired) electrons. The number of nitrogens with zero attached hydrogens (tertiary/aromatic N) is 2. The van der Waals surface area contributed by atoms with Gasteiger partial charge in [-0.05, 0) is 65.3 Å². The number of carbonyl (C=O) groups is 1. The predicted molar refractivity (Wildman–Crippen MR) is 114 cm³/mol. The average Bonchev–Trinajstić information content (AvgIpc) is 3.37. The van der Waals surface area contributed by atoms with Crippen molar-refractivity contribution in [2.45, 2.75) is 45.1 Å². The van der Waals surface area contributed by atoms with E-state index in [2.05, 4.69) is 36.6 Å². The number of primary amides is 1. The van der Waals surface area contributed by atoms with Crippen molar-refractivity contribution >= 4 is 17.5 Å². The first-order valence-corrected chi connectivity index (χ1v) is 9.91. The second-order valence-electron chi connectivity index (χ2n) is 8.46. The van der Waals surface area contributed by atoms with Crippen LogP contribution in [0.3, 0.4) is 0 Å². The summed E-state index contributed by atoms with van der Waals surface area (Å²) in [4.78, 5) is 12.4. The fraction of sp³-hybridized carbons (Fsp3) is 0.304. The zero-order valence-electron chi connectivity index (χ0n) is 16.4. The molecule has 144 valence electrons. The monoisotopic (exact) mass is 393 g/mol. The molecule has 4 rings (SSSR count). The Hall–Kier alpha value is -2.59. The maximum atomic E-state index is 12.4. The molecule has 0 unspecified atom stereocenters. The van der Waals surface area contributed by atoms with Crippen molar-refractivity contribution in [1.29, 1.82) is 0 Å². The average molecular weight is 394 g/mol. The topological polar surface area (TPSA) is 60.9 Å². The van der Waals surface area contributed by atoms with Gasteiger partial charge >= 0.3 is 0 Å². The largest absolute Gasteiger partial charge is 0.366 e. The third kappa shape index (κ3) is 3.45. The standard InChI is InChI=1S/C23H24ClN3O/c1-23(2,3)21-18(14-4-6-16(24)7-5-14)12-15(13-19(21)22(25)28)20-10-11-26-27(20)17-8-9-17/h4-7,10-13,17H,8-9H2,1-3H3,(H2,25,28). The SMILES string of the molecule is CC(C)(C)c1c(C(N)=O)cc(-c2ccnn2C2CC2)cc1-c1ccc(Cl)cc1. The Bertz CT molecular complexity index is 1040. The summed E-state index contributed by atoms with van der Waals surface area (Å²) >= 11 is 6.10. The number of hydrogen-bond acceptors (Lipinski definition) is 2. The third-order valence-corrected chi connectivity index (χ3v) is 5.42. The highest BCUT2D eigenvalue weighted by atomic mass is 35.5. The van der Waals surface area contributed by atoms with E-state index in [0.29, 0.717) is 16.6 Å². The minimum atomic E-state index is -0.417. The summed E-state index contributed by atoms with van der Waals surface area (Å²) in [7, 11) is 0. The molecule has 4 nitrogen and oxygen atoms in total. The van der Waals surface area contributed by atoms with Gasteiger partial charge in [-0.3, -0.25) is 9.48 Å². The molecular weight excluding hydrogens is 370 g/mol. The number of aromatic nitrogens is 2. The quantitative estimate of drug-likeness (QED) is 0.626. The van der Waals surface area contributed by atoms with E-state index in [1.54, 1.807) is 0 Å². The van der Waals surface area contributed by atoms with Crippen molar-refractivity contribution in [2.24, 2.45) is 5.73 Å². The molecule has 0 saturated heterocycles. The lowest BCUT2D eigenvalue weighted by molar-refractivity contribution is 0.0998. The van der Waals surface area contributed by atoms with Crippen molar-refractivity contribution < 1.29 is 4.79 Å². The van der Waals surface area contributed by atoms with Gasteiger partial charge in [0.25, 0.3) is 0 Å². The van der Waals surface area contributed by atoms with E-state index in [4.69, 9.17) is 17.3 Å². The Morgan fingerprint density at radius 1 is 1.11 bits per heavy atom. The molecule has 5 heteroatoms. The van der Waals surface area contributed by atoms with Crippen LogP contribution in [0.4, 0.5) is 0 Å². The van der Waals surface area contributed by atoms with Gasteiger partial charge in [-0.2, -0.15) is 5.10 Å². The molecule has 2 N–H and O–H groups in total. The van der Waals surface area contributed by atoms with Crippen LogP contribution >= 0.6 is 11.6 Å². The van der Waals surface area contributed by atoms with Crippen LogP contribution in [0, 0.1) is 0 Å². The number of carbonyl (C=O) groups excluding carboxylic acids is 1. The number of halogens is 1. The fourth-order valence-electron chi connectivity index (χ4n) is 3.80. The molecule has 1 amide bonds. The summed E-state index contributed by atoms with van der Waals surface area (Å²) in [6, 6.07) is 14.2. The van der Waals surface area contributed by atoms with E-state index in [-0.39, 0.29) is 5.41 Å². The second-order valence-corrected chi connectivity index (χ2v) is 8.90. The van der Waals surface area contributed by atoms with Gasteiger partial charge in [0.15, 0.2) is 0 Å². The number of nitrogens with two attached hydrogens (primary N) is 1. The van der Waals surface area contributed by atoms with Gasteiger partial charge in [0.1, 0.15) is 0 Å². The van der Waals surface area contributed by atoms with Crippen LogP contribution in [-0.4, -0.2) is 15.7 Å². The predicted octanol–water partition coefficient (Wildman–Crippen LogP) is 5.60. The lowest BCUT2D eigenvalue weighted by atomic mass is 9.77. The number of hydrogen-bond donors (Lipinski definition) is 1. The van der Waals surface area contributed by atoms with Gasteiger partial charge < -0.3 is 5.73 Å². The van der Waals surface area contributed by atoms with Crippen LogP contribution in [0.15, 0.2) is 48.7 Å². The maximum Gasteiger partial charge on any atom is 0.249 e. The Labute approximate surface area is 170 Å². The molecule has 0 atom stereocenters. The molecule has 1 saturated carbocycles. The molecule has 1 aromatic heterocycles. The molecular formula is C23H24ClN3O. The molecule has 3 aromatic rings. The lowest BCUT2D eigenvalue weighted by Crippen LogP contribution is -2.22. The minimum absolute atomic E-state index is 0.255. The maximum absolute atomic E-state index is 12.4. The van der Waals surface area contributed by atoms with Gasteiger partial charge in [-0.1, -0.05) is 44.5 Å². The third-order valence-electron chi connectivity index (χ3n) is 5.17. The van der Waals surface area contributed by atoms with Crippen molar-refractivity contribution in [1.82, 2.24) is 9.78 Å². The summed E-state index contributed by atoms with van der Waals surface area (Å²) in [5, 5.41) is 5.18. The Balaban J connectivity index is 2.00. The minimum Gasteiger partial charge on any atom is -0.366 e. The molecule has 1 aliphatic carbocycles. The zero-order chi connectivity index (χ0) is 20.1. The number of rotatable bonds is 4. The fourth-order valence-corrected chi connectivity index (χ4v) is 3.93. The van der Waals surface area contributed by atoms with E-state index < -0.39 is 5.91 Å². The van der Waals surface area contributed by atoms with Crippen molar-refractivity contribution in [3.05, 3.63) is 64.8 Å². The van der Waals surface area contributed by atoms with E-state index in [9.17, 15) is 4.79 Å². The summed E-state index contributed by atoms with van der Waals surface area (Å²) in [5.41, 5.74) is 11.1. The van der Waals surface area contributed by atoms with Crippen LogP contribution in [0.1, 0.15) is 55.6 Å². The molecule has 2 aromatic carbocycles. The molecule has 28 heavy (non-hydrogen) atoms. The molecule has 1 aliphatic rings. The zero-order valence-corrected chi connectivity index (χ0v) is 17.1. The van der Waals surface area contributed by atoms with Crippen LogP contribution in [0.25, 0.3) is 22.4 Å². The van der Waals surface area contributed by atoms with Crippen LogP contribution in [-0.2, 0) is 5.41 Å². The molecule has 1 fully saturated rings. The van der Waals surface area contributed by atoms with E-state index in [1.807, 2.05) is 42.6 Å². The van der Waals surface area contributed by atoms with Gasteiger partial charge in [-0.15, -0.1) is 0 Å².